The number of methoxy groups -OCH3 is 1. The maximum Gasteiger partial charge on any atom is 0.145 e. The largest absolute Gasteiger partial charge is 0.497 e. The van der Waals surface area contributed by atoms with Crippen LogP contribution in [0.25, 0.3) is 11.3 Å². The number of hydrogen-bond acceptors (Lipinski definition) is 4. The Morgan fingerprint density at radius 3 is 2.35 bits per heavy atom. The van der Waals surface area contributed by atoms with Gasteiger partial charge in [0.2, 0.25) is 0 Å². The molecule has 2 aromatic rings. The van der Waals surface area contributed by atoms with E-state index >= 15 is 0 Å². The van der Waals surface area contributed by atoms with Crippen LogP contribution in [-0.4, -0.2) is 17.1 Å². The Morgan fingerprint density at radius 2 is 1.80 bits per heavy atom. The van der Waals surface area contributed by atoms with Crippen molar-refractivity contribution in [3.05, 3.63) is 35.2 Å². The number of hydrogen-bond donors (Lipinski definition) is 1. The Bertz CT molecular complexity index is 623. The highest BCUT2D eigenvalue weighted by atomic mass is 16.5. The van der Waals surface area contributed by atoms with Gasteiger partial charge in [0.05, 0.1) is 24.2 Å². The highest BCUT2D eigenvalue weighted by Gasteiger charge is 2.13. The molecule has 2 rings (SSSR count). The van der Waals surface area contributed by atoms with E-state index in [0.717, 1.165) is 46.8 Å². The highest BCUT2D eigenvalue weighted by molar-refractivity contribution is 5.68. The van der Waals surface area contributed by atoms with E-state index in [-0.39, 0.29) is 0 Å². The van der Waals surface area contributed by atoms with E-state index in [1.165, 1.54) is 0 Å². The van der Waals surface area contributed by atoms with Gasteiger partial charge in [-0.25, -0.2) is 9.97 Å². The van der Waals surface area contributed by atoms with Gasteiger partial charge in [0.25, 0.3) is 0 Å². The van der Waals surface area contributed by atoms with Crippen molar-refractivity contribution in [2.45, 2.75) is 33.6 Å². The molecular weight excluding hydrogens is 250 g/mol. The zero-order valence-electron chi connectivity index (χ0n) is 12.5. The molecule has 20 heavy (non-hydrogen) atoms. The Labute approximate surface area is 120 Å². The summed E-state index contributed by atoms with van der Waals surface area (Å²) in [6, 6.07) is 6.00. The lowest BCUT2D eigenvalue weighted by atomic mass is 10.0. The van der Waals surface area contributed by atoms with Crippen molar-refractivity contribution in [1.82, 2.24) is 9.97 Å². The molecule has 0 saturated carbocycles. The zero-order valence-corrected chi connectivity index (χ0v) is 12.5. The van der Waals surface area contributed by atoms with Gasteiger partial charge in [0, 0.05) is 5.56 Å². The molecule has 4 nitrogen and oxygen atoms in total. The van der Waals surface area contributed by atoms with Crippen molar-refractivity contribution in [3.8, 4) is 17.0 Å². The SMILES string of the molecule is CCc1nc(-c2ccc(OC)cc2C)c(CC)nc1N. The van der Waals surface area contributed by atoms with E-state index in [1.54, 1.807) is 7.11 Å². The van der Waals surface area contributed by atoms with Gasteiger partial charge < -0.3 is 10.5 Å². The smallest absolute Gasteiger partial charge is 0.145 e. The topological polar surface area (TPSA) is 61.0 Å². The number of rotatable bonds is 4. The summed E-state index contributed by atoms with van der Waals surface area (Å²) in [4.78, 5) is 9.23. The number of aryl methyl sites for hydroxylation is 3. The standard InChI is InChI=1S/C16H21N3O/c1-5-13-15(18-14(6-2)16(17)19-13)12-8-7-11(20-4)9-10(12)3/h7-9H,5-6H2,1-4H3,(H2,17,19). The van der Waals surface area contributed by atoms with E-state index in [4.69, 9.17) is 15.5 Å². The molecule has 4 heteroatoms. The first-order chi connectivity index (χ1) is 9.60. The summed E-state index contributed by atoms with van der Waals surface area (Å²) in [6.07, 6.45) is 1.59. The number of aromatic nitrogens is 2. The fraction of sp³-hybridized carbons (Fsp3) is 0.375. The monoisotopic (exact) mass is 271 g/mol. The first-order valence-electron chi connectivity index (χ1n) is 6.90. The minimum Gasteiger partial charge on any atom is -0.497 e. The third-order valence-corrected chi connectivity index (χ3v) is 3.43. The average Bonchev–Trinajstić information content (AvgIpc) is 2.47. The normalized spacial score (nSPS) is 10.6. The van der Waals surface area contributed by atoms with E-state index < -0.39 is 0 Å². The number of nitrogen functional groups attached to an aromatic ring is 1. The lowest BCUT2D eigenvalue weighted by Gasteiger charge is -2.13. The molecule has 0 fully saturated rings. The third-order valence-electron chi connectivity index (χ3n) is 3.43. The fourth-order valence-corrected chi connectivity index (χ4v) is 2.27. The van der Waals surface area contributed by atoms with Gasteiger partial charge in [-0.2, -0.15) is 0 Å². The van der Waals surface area contributed by atoms with E-state index in [0.29, 0.717) is 5.82 Å². The number of nitrogens with two attached hydrogens (primary N) is 1. The first kappa shape index (κ1) is 14.3. The second-order valence-electron chi connectivity index (χ2n) is 4.74. The van der Waals surface area contributed by atoms with Crippen LogP contribution in [0.15, 0.2) is 18.2 Å². The summed E-state index contributed by atoms with van der Waals surface area (Å²) < 4.78 is 5.25. The highest BCUT2D eigenvalue weighted by Crippen LogP contribution is 2.29. The van der Waals surface area contributed by atoms with Crippen molar-refractivity contribution >= 4 is 5.82 Å². The van der Waals surface area contributed by atoms with Crippen LogP contribution in [0.5, 0.6) is 5.75 Å². The quantitative estimate of drug-likeness (QED) is 0.927. The molecule has 1 aromatic carbocycles. The van der Waals surface area contributed by atoms with Crippen LogP contribution in [-0.2, 0) is 12.8 Å². The van der Waals surface area contributed by atoms with E-state index in [1.807, 2.05) is 25.1 Å². The number of ether oxygens (including phenoxy) is 1. The Balaban J connectivity index is 2.61. The molecule has 106 valence electrons. The van der Waals surface area contributed by atoms with Gasteiger partial charge in [-0.3, -0.25) is 0 Å². The van der Waals surface area contributed by atoms with Crippen LogP contribution in [0.1, 0.15) is 30.8 Å². The van der Waals surface area contributed by atoms with Crippen molar-refractivity contribution in [1.29, 1.82) is 0 Å². The molecule has 0 amide bonds. The van der Waals surface area contributed by atoms with Crippen LogP contribution in [0.3, 0.4) is 0 Å². The molecule has 0 aliphatic heterocycles. The molecule has 0 spiro atoms. The second-order valence-corrected chi connectivity index (χ2v) is 4.74. The molecule has 1 aromatic heterocycles. The van der Waals surface area contributed by atoms with E-state index in [9.17, 15) is 0 Å². The Hall–Kier alpha value is -2.10. The molecule has 0 aliphatic carbocycles. The van der Waals surface area contributed by atoms with Crippen LogP contribution >= 0.6 is 0 Å². The molecule has 0 radical (unpaired) electrons. The lowest BCUT2D eigenvalue weighted by Crippen LogP contribution is -2.06. The molecule has 0 unspecified atom stereocenters. The molecule has 0 atom stereocenters. The molecule has 1 heterocycles. The minimum absolute atomic E-state index is 0.541. The maximum absolute atomic E-state index is 5.94. The van der Waals surface area contributed by atoms with Gasteiger partial charge in [-0.1, -0.05) is 13.8 Å². The summed E-state index contributed by atoms with van der Waals surface area (Å²) >= 11 is 0. The summed E-state index contributed by atoms with van der Waals surface area (Å²) in [5.41, 5.74) is 10.9. The van der Waals surface area contributed by atoms with Crippen LogP contribution in [0, 0.1) is 6.92 Å². The van der Waals surface area contributed by atoms with Gasteiger partial charge in [-0.15, -0.1) is 0 Å². The van der Waals surface area contributed by atoms with Crippen molar-refractivity contribution in [2.75, 3.05) is 12.8 Å². The summed E-state index contributed by atoms with van der Waals surface area (Å²) in [5, 5.41) is 0. The predicted molar refractivity (Wildman–Crippen MR) is 81.9 cm³/mol. The van der Waals surface area contributed by atoms with Crippen molar-refractivity contribution in [2.24, 2.45) is 0 Å². The van der Waals surface area contributed by atoms with Gasteiger partial charge in [0.15, 0.2) is 0 Å². The fourth-order valence-electron chi connectivity index (χ4n) is 2.27. The third kappa shape index (κ3) is 2.59. The molecular formula is C16H21N3O. The van der Waals surface area contributed by atoms with Crippen LogP contribution in [0.4, 0.5) is 5.82 Å². The number of nitrogens with zero attached hydrogens (tertiary/aromatic N) is 2. The van der Waals surface area contributed by atoms with Crippen LogP contribution in [0.2, 0.25) is 0 Å². The molecule has 0 aliphatic rings. The van der Waals surface area contributed by atoms with Gasteiger partial charge >= 0.3 is 0 Å². The Kier molecular flexibility index (Phi) is 4.23. The van der Waals surface area contributed by atoms with E-state index in [2.05, 4.69) is 18.8 Å². The summed E-state index contributed by atoms with van der Waals surface area (Å²) in [5.74, 6) is 1.39. The predicted octanol–water partition coefficient (Wildman–Crippen LogP) is 3.17. The molecule has 2 N–H and O–H groups in total. The minimum atomic E-state index is 0.541. The van der Waals surface area contributed by atoms with Gasteiger partial charge in [-0.05, 0) is 43.5 Å². The zero-order chi connectivity index (χ0) is 14.7. The van der Waals surface area contributed by atoms with Crippen molar-refractivity contribution < 1.29 is 4.74 Å². The first-order valence-corrected chi connectivity index (χ1v) is 6.90. The number of anilines is 1. The van der Waals surface area contributed by atoms with Gasteiger partial charge in [0.1, 0.15) is 11.6 Å². The van der Waals surface area contributed by atoms with Crippen molar-refractivity contribution in [3.63, 3.8) is 0 Å². The maximum atomic E-state index is 5.94. The summed E-state index contributed by atoms with van der Waals surface area (Å²) in [6.45, 7) is 6.16. The Morgan fingerprint density at radius 1 is 1.10 bits per heavy atom. The average molecular weight is 271 g/mol. The summed E-state index contributed by atoms with van der Waals surface area (Å²) in [7, 11) is 1.67. The molecule has 0 bridgehead atoms. The second kappa shape index (κ2) is 5.90. The lowest BCUT2D eigenvalue weighted by molar-refractivity contribution is 0.414. The molecule has 0 saturated heterocycles. The van der Waals surface area contributed by atoms with Crippen LogP contribution < -0.4 is 10.5 Å². The number of benzene rings is 1.